The smallest absolute Gasteiger partial charge is 0.234 e. The molecule has 2 aromatic carbocycles. The summed E-state index contributed by atoms with van der Waals surface area (Å²) >= 11 is 0. The SMILES string of the molecule is CCN(CC(=O)NC)CC(=O)N[C@H](C)c1cccc2ccccc12. The van der Waals surface area contributed by atoms with Gasteiger partial charge in [0.2, 0.25) is 11.8 Å². The van der Waals surface area contributed by atoms with Crippen LogP contribution >= 0.6 is 0 Å². The lowest BCUT2D eigenvalue weighted by molar-refractivity contribution is -0.125. The van der Waals surface area contributed by atoms with E-state index in [2.05, 4.69) is 28.8 Å². The Hall–Kier alpha value is -2.40. The fourth-order valence-electron chi connectivity index (χ4n) is 2.76. The molecule has 1 atom stereocenters. The zero-order valence-electron chi connectivity index (χ0n) is 14.5. The highest BCUT2D eigenvalue weighted by Gasteiger charge is 2.16. The van der Waals surface area contributed by atoms with E-state index in [-0.39, 0.29) is 30.9 Å². The van der Waals surface area contributed by atoms with Gasteiger partial charge in [-0.05, 0) is 29.8 Å². The number of nitrogens with zero attached hydrogens (tertiary/aromatic N) is 1. The van der Waals surface area contributed by atoms with Crippen LogP contribution in [0, 0.1) is 0 Å². The number of hydrogen-bond acceptors (Lipinski definition) is 3. The average Bonchev–Trinajstić information content (AvgIpc) is 2.60. The monoisotopic (exact) mass is 327 g/mol. The fraction of sp³-hybridized carbons (Fsp3) is 0.368. The number of nitrogens with one attached hydrogen (secondary N) is 2. The predicted molar refractivity (Wildman–Crippen MR) is 96.7 cm³/mol. The maximum Gasteiger partial charge on any atom is 0.234 e. The standard InChI is InChI=1S/C19H25N3O2/c1-4-22(12-18(23)20-3)13-19(24)21-14(2)16-11-7-9-15-8-5-6-10-17(15)16/h5-11,14H,4,12-13H2,1-3H3,(H,20,23)(H,21,24)/t14-/m1/s1. The van der Waals surface area contributed by atoms with Crippen LogP contribution in [-0.2, 0) is 9.59 Å². The Morgan fingerprint density at radius 1 is 1.04 bits per heavy atom. The molecule has 128 valence electrons. The second-order valence-corrected chi connectivity index (χ2v) is 5.83. The Kier molecular flexibility index (Phi) is 6.32. The van der Waals surface area contributed by atoms with E-state index in [1.54, 1.807) is 7.05 Å². The van der Waals surface area contributed by atoms with Gasteiger partial charge in [-0.1, -0.05) is 49.4 Å². The van der Waals surface area contributed by atoms with Crippen molar-refractivity contribution in [1.82, 2.24) is 15.5 Å². The number of rotatable bonds is 7. The summed E-state index contributed by atoms with van der Waals surface area (Å²) in [5.41, 5.74) is 1.09. The van der Waals surface area contributed by atoms with Gasteiger partial charge in [-0.15, -0.1) is 0 Å². The van der Waals surface area contributed by atoms with Gasteiger partial charge >= 0.3 is 0 Å². The summed E-state index contributed by atoms with van der Waals surface area (Å²) in [5, 5.41) is 7.91. The molecule has 5 heteroatoms. The third-order valence-corrected chi connectivity index (χ3v) is 4.13. The molecule has 0 saturated carbocycles. The van der Waals surface area contributed by atoms with Crippen molar-refractivity contribution in [2.45, 2.75) is 19.9 Å². The van der Waals surface area contributed by atoms with E-state index >= 15 is 0 Å². The van der Waals surface area contributed by atoms with Crippen LogP contribution in [0.4, 0.5) is 0 Å². The minimum Gasteiger partial charge on any atom is -0.358 e. The van der Waals surface area contributed by atoms with Crippen LogP contribution in [0.15, 0.2) is 42.5 Å². The largest absolute Gasteiger partial charge is 0.358 e. The molecule has 0 saturated heterocycles. The Morgan fingerprint density at radius 3 is 2.42 bits per heavy atom. The highest BCUT2D eigenvalue weighted by Crippen LogP contribution is 2.23. The maximum absolute atomic E-state index is 12.3. The van der Waals surface area contributed by atoms with E-state index in [0.29, 0.717) is 6.54 Å². The molecule has 2 amide bonds. The van der Waals surface area contributed by atoms with Gasteiger partial charge in [0.1, 0.15) is 0 Å². The highest BCUT2D eigenvalue weighted by molar-refractivity contribution is 5.87. The van der Waals surface area contributed by atoms with Crippen molar-refractivity contribution in [3.05, 3.63) is 48.0 Å². The van der Waals surface area contributed by atoms with Gasteiger partial charge in [-0.2, -0.15) is 0 Å². The average molecular weight is 327 g/mol. The van der Waals surface area contributed by atoms with Crippen LogP contribution < -0.4 is 10.6 Å². The zero-order chi connectivity index (χ0) is 17.5. The summed E-state index contributed by atoms with van der Waals surface area (Å²) in [4.78, 5) is 25.6. The van der Waals surface area contributed by atoms with Crippen LogP contribution in [0.5, 0.6) is 0 Å². The van der Waals surface area contributed by atoms with Crippen LogP contribution in [0.2, 0.25) is 0 Å². The number of fused-ring (bicyclic) bond motifs is 1. The van der Waals surface area contributed by atoms with Gasteiger partial charge in [0.25, 0.3) is 0 Å². The number of carbonyl (C=O) groups is 2. The first-order valence-corrected chi connectivity index (χ1v) is 8.25. The maximum atomic E-state index is 12.3. The van der Waals surface area contributed by atoms with Gasteiger partial charge in [-0.25, -0.2) is 0 Å². The van der Waals surface area contributed by atoms with Gasteiger partial charge < -0.3 is 10.6 Å². The fourth-order valence-corrected chi connectivity index (χ4v) is 2.76. The topological polar surface area (TPSA) is 61.4 Å². The summed E-state index contributed by atoms with van der Waals surface area (Å²) in [6.07, 6.45) is 0. The van der Waals surface area contributed by atoms with Crippen LogP contribution in [-0.4, -0.2) is 43.4 Å². The second kappa shape index (κ2) is 8.45. The Labute approximate surface area is 143 Å². The molecule has 0 fully saturated rings. The Balaban J connectivity index is 2.04. The minimum atomic E-state index is -0.0951. The van der Waals surface area contributed by atoms with E-state index in [1.807, 2.05) is 43.0 Å². The summed E-state index contributed by atoms with van der Waals surface area (Å²) < 4.78 is 0. The third-order valence-electron chi connectivity index (χ3n) is 4.13. The molecule has 0 radical (unpaired) electrons. The number of hydrogen-bond donors (Lipinski definition) is 2. The molecule has 0 aromatic heterocycles. The molecule has 0 aliphatic heterocycles. The summed E-state index contributed by atoms with van der Waals surface area (Å²) in [5.74, 6) is -0.173. The van der Waals surface area contributed by atoms with E-state index in [9.17, 15) is 9.59 Å². The molecule has 5 nitrogen and oxygen atoms in total. The van der Waals surface area contributed by atoms with Crippen LogP contribution in [0.1, 0.15) is 25.5 Å². The lowest BCUT2D eigenvalue weighted by atomic mass is 10.00. The molecule has 2 N–H and O–H groups in total. The number of carbonyl (C=O) groups excluding carboxylic acids is 2. The lowest BCUT2D eigenvalue weighted by Gasteiger charge is -2.21. The summed E-state index contributed by atoms with van der Waals surface area (Å²) in [6, 6.07) is 14.2. The van der Waals surface area contributed by atoms with E-state index in [1.165, 1.54) is 0 Å². The van der Waals surface area contributed by atoms with Crippen molar-refractivity contribution in [2.75, 3.05) is 26.7 Å². The van der Waals surface area contributed by atoms with E-state index < -0.39 is 0 Å². The van der Waals surface area contributed by atoms with Gasteiger partial charge in [0.15, 0.2) is 0 Å². The number of benzene rings is 2. The molecule has 24 heavy (non-hydrogen) atoms. The molecule has 2 rings (SSSR count). The first kappa shape index (κ1) is 17.9. The Morgan fingerprint density at radius 2 is 1.71 bits per heavy atom. The molecule has 0 bridgehead atoms. The van der Waals surface area contributed by atoms with Gasteiger partial charge in [-0.3, -0.25) is 14.5 Å². The van der Waals surface area contributed by atoms with E-state index in [4.69, 9.17) is 0 Å². The quantitative estimate of drug-likeness (QED) is 0.818. The van der Waals surface area contributed by atoms with Crippen molar-refractivity contribution in [3.8, 4) is 0 Å². The highest BCUT2D eigenvalue weighted by atomic mass is 16.2. The first-order valence-electron chi connectivity index (χ1n) is 8.25. The van der Waals surface area contributed by atoms with Crippen molar-refractivity contribution >= 4 is 22.6 Å². The van der Waals surface area contributed by atoms with Gasteiger partial charge in [0.05, 0.1) is 19.1 Å². The molecule has 0 aliphatic carbocycles. The molecule has 2 aromatic rings. The van der Waals surface area contributed by atoms with Crippen LogP contribution in [0.3, 0.4) is 0 Å². The van der Waals surface area contributed by atoms with Crippen molar-refractivity contribution in [2.24, 2.45) is 0 Å². The van der Waals surface area contributed by atoms with Crippen molar-refractivity contribution in [1.29, 1.82) is 0 Å². The molecule has 0 heterocycles. The lowest BCUT2D eigenvalue weighted by Crippen LogP contribution is -2.42. The number of likely N-dealkylation sites (N-methyl/N-ethyl adjacent to an activating group) is 2. The number of amides is 2. The summed E-state index contributed by atoms with van der Waals surface area (Å²) in [7, 11) is 1.60. The third kappa shape index (κ3) is 4.55. The van der Waals surface area contributed by atoms with Gasteiger partial charge in [0, 0.05) is 7.05 Å². The minimum absolute atomic E-state index is 0.0822. The van der Waals surface area contributed by atoms with Crippen LogP contribution in [0.25, 0.3) is 10.8 Å². The zero-order valence-corrected chi connectivity index (χ0v) is 14.5. The molecular weight excluding hydrogens is 302 g/mol. The first-order chi connectivity index (χ1) is 11.5. The second-order valence-electron chi connectivity index (χ2n) is 5.83. The Bertz CT molecular complexity index is 709. The van der Waals surface area contributed by atoms with Crippen molar-refractivity contribution in [3.63, 3.8) is 0 Å². The predicted octanol–water partition coefficient (Wildman–Crippen LogP) is 2.08. The molecular formula is C19H25N3O2. The summed E-state index contributed by atoms with van der Waals surface area (Å²) in [6.45, 7) is 4.99. The molecule has 0 aliphatic rings. The van der Waals surface area contributed by atoms with E-state index in [0.717, 1.165) is 16.3 Å². The van der Waals surface area contributed by atoms with Crippen molar-refractivity contribution < 1.29 is 9.59 Å². The normalized spacial score (nSPS) is 12.2. The molecule has 0 unspecified atom stereocenters. The molecule has 0 spiro atoms.